The molecular formula is C9H15F3N2S. The highest BCUT2D eigenvalue weighted by molar-refractivity contribution is 7.45. The molecule has 0 unspecified atom stereocenters. The average Bonchev–Trinajstić information content (AvgIpc) is 2.20. The molecule has 1 heterocycles. The van der Waals surface area contributed by atoms with Crippen LogP contribution >= 0.6 is 0 Å². The van der Waals surface area contributed by atoms with Gasteiger partial charge in [0.05, 0.1) is 0 Å². The molecule has 0 spiro atoms. The largest absolute Gasteiger partial charge is 0.379 e. The van der Waals surface area contributed by atoms with Crippen molar-refractivity contribution in [1.29, 1.82) is 4.78 Å². The van der Waals surface area contributed by atoms with E-state index in [9.17, 15) is 13.2 Å². The lowest BCUT2D eigenvalue weighted by Gasteiger charge is -2.20. The first kappa shape index (κ1) is 16.5. The molecule has 0 aromatic rings. The molecule has 0 aliphatic carbocycles. The standard InChI is InChI=1S/C8H13N.CHF3.HNS/c1-3-9-6-4-5-8(2)7-9;2-1(3)4;1-2/h4-6H,3,7H2,1-2H3;1H;1H. The second-order valence-corrected chi connectivity index (χ2v) is 2.67. The lowest BCUT2D eigenvalue weighted by atomic mass is 10.2. The summed E-state index contributed by atoms with van der Waals surface area (Å²) < 4.78 is 34.3. The summed E-state index contributed by atoms with van der Waals surface area (Å²) >= 11 is 3.33. The number of alkyl halides is 3. The lowest BCUT2D eigenvalue weighted by Crippen LogP contribution is -2.20. The Kier molecular flexibility index (Phi) is 12.3. The van der Waals surface area contributed by atoms with Gasteiger partial charge in [0.25, 0.3) is 0 Å². The number of hydrogen-bond donors (Lipinski definition) is 1. The first-order valence-corrected chi connectivity index (χ1v) is 4.67. The highest BCUT2D eigenvalue weighted by atomic mass is 32.1. The minimum absolute atomic E-state index is 1.10. The molecule has 0 aromatic heterocycles. The van der Waals surface area contributed by atoms with E-state index < -0.39 is 6.68 Å². The van der Waals surface area contributed by atoms with Gasteiger partial charge in [0.15, 0.2) is 0 Å². The van der Waals surface area contributed by atoms with Crippen LogP contribution in [0.25, 0.3) is 0 Å². The minimum atomic E-state index is -3.67. The van der Waals surface area contributed by atoms with Gasteiger partial charge in [-0.05, 0) is 26.1 Å². The molecule has 15 heavy (non-hydrogen) atoms. The molecule has 0 aromatic carbocycles. The smallest absolute Gasteiger partial charge is 0.374 e. The minimum Gasteiger partial charge on any atom is -0.374 e. The van der Waals surface area contributed by atoms with Crippen LogP contribution in [0.3, 0.4) is 0 Å². The summed E-state index contributed by atoms with van der Waals surface area (Å²) in [5.41, 5.74) is 1.44. The first-order chi connectivity index (χ1) is 7.06. The van der Waals surface area contributed by atoms with Gasteiger partial charge in [-0.3, -0.25) is 0 Å². The zero-order valence-electron chi connectivity index (χ0n) is 8.71. The predicted molar refractivity (Wildman–Crippen MR) is 57.3 cm³/mol. The van der Waals surface area contributed by atoms with Gasteiger partial charge < -0.3 is 4.90 Å². The molecule has 0 radical (unpaired) electrons. The molecule has 1 aliphatic rings. The second-order valence-electron chi connectivity index (χ2n) is 2.67. The Labute approximate surface area is 93.4 Å². The van der Waals surface area contributed by atoms with Crippen molar-refractivity contribution >= 4 is 12.4 Å². The molecule has 88 valence electrons. The quantitative estimate of drug-likeness (QED) is 0.761. The third-order valence-electron chi connectivity index (χ3n) is 1.54. The van der Waals surface area contributed by atoms with E-state index in [0.29, 0.717) is 0 Å². The Hall–Kier alpha value is -0.910. The molecule has 0 fully saturated rings. The van der Waals surface area contributed by atoms with Crippen molar-refractivity contribution in [1.82, 2.24) is 4.90 Å². The number of nitrogens with zero attached hydrogens (tertiary/aromatic N) is 1. The summed E-state index contributed by atoms with van der Waals surface area (Å²) in [6.07, 6.45) is 6.39. The van der Waals surface area contributed by atoms with Crippen molar-refractivity contribution in [2.75, 3.05) is 13.1 Å². The summed E-state index contributed by atoms with van der Waals surface area (Å²) in [6.45, 7) is 2.88. The predicted octanol–water partition coefficient (Wildman–Crippen LogP) is 3.26. The topological polar surface area (TPSA) is 27.1 Å². The monoisotopic (exact) mass is 240 g/mol. The molecule has 0 saturated heterocycles. The zero-order valence-corrected chi connectivity index (χ0v) is 9.53. The van der Waals surface area contributed by atoms with Gasteiger partial charge in [-0.2, -0.15) is 13.2 Å². The third kappa shape index (κ3) is 13.1. The maximum Gasteiger partial charge on any atom is 0.379 e. The fraction of sp³-hybridized carbons (Fsp3) is 0.556. The van der Waals surface area contributed by atoms with Crippen LogP contribution < -0.4 is 0 Å². The van der Waals surface area contributed by atoms with Crippen LogP contribution in [0.15, 0.2) is 23.9 Å². The Morgan fingerprint density at radius 1 is 1.47 bits per heavy atom. The SMILES string of the molecule is CCN1C=CC=C(C)C1.FC(F)F.N=S. The van der Waals surface area contributed by atoms with E-state index in [1.165, 1.54) is 5.57 Å². The van der Waals surface area contributed by atoms with E-state index in [1.54, 1.807) is 0 Å². The average molecular weight is 240 g/mol. The molecule has 0 amide bonds. The summed E-state index contributed by atoms with van der Waals surface area (Å²) in [5.74, 6) is 0. The maximum absolute atomic E-state index is 9.67. The van der Waals surface area contributed by atoms with Gasteiger partial charge in [-0.1, -0.05) is 11.6 Å². The molecular weight excluding hydrogens is 225 g/mol. The number of halogens is 3. The maximum atomic E-state index is 9.67. The summed E-state index contributed by atoms with van der Waals surface area (Å²) in [7, 11) is 0. The molecule has 1 rings (SSSR count). The number of hydrogen-bond acceptors (Lipinski definition) is 3. The molecule has 0 atom stereocenters. The number of allylic oxidation sites excluding steroid dienone is 2. The second kappa shape index (κ2) is 11.2. The Morgan fingerprint density at radius 3 is 2.20 bits per heavy atom. The van der Waals surface area contributed by atoms with Crippen LogP contribution in [0.1, 0.15) is 13.8 Å². The van der Waals surface area contributed by atoms with E-state index in [-0.39, 0.29) is 0 Å². The van der Waals surface area contributed by atoms with E-state index in [0.717, 1.165) is 13.1 Å². The number of rotatable bonds is 1. The molecule has 2 nitrogen and oxygen atoms in total. The van der Waals surface area contributed by atoms with Gasteiger partial charge >= 0.3 is 6.68 Å². The zero-order chi connectivity index (χ0) is 12.3. The summed E-state index contributed by atoms with van der Waals surface area (Å²) in [4.78, 5) is 2.29. The van der Waals surface area contributed by atoms with Crippen molar-refractivity contribution in [2.24, 2.45) is 0 Å². The summed E-state index contributed by atoms with van der Waals surface area (Å²) in [6, 6.07) is 0. The van der Waals surface area contributed by atoms with Crippen LogP contribution in [-0.2, 0) is 12.4 Å². The molecule has 0 saturated carbocycles. The van der Waals surface area contributed by atoms with Crippen LogP contribution in [0.4, 0.5) is 13.2 Å². The van der Waals surface area contributed by atoms with Gasteiger partial charge in [0.1, 0.15) is 0 Å². The third-order valence-corrected chi connectivity index (χ3v) is 1.54. The molecule has 1 N–H and O–H groups in total. The first-order valence-electron chi connectivity index (χ1n) is 4.27. The van der Waals surface area contributed by atoms with E-state index in [1.807, 2.05) is 0 Å². The van der Waals surface area contributed by atoms with Crippen molar-refractivity contribution in [3.63, 3.8) is 0 Å². The fourth-order valence-corrected chi connectivity index (χ4v) is 0.972. The molecule has 6 heteroatoms. The van der Waals surface area contributed by atoms with Crippen molar-refractivity contribution < 1.29 is 13.2 Å². The highest BCUT2D eigenvalue weighted by Crippen LogP contribution is 2.04. The van der Waals surface area contributed by atoms with E-state index in [2.05, 4.69) is 49.5 Å². The van der Waals surface area contributed by atoms with Gasteiger partial charge in [0.2, 0.25) is 0 Å². The number of nitrogens with one attached hydrogen (secondary N) is 1. The van der Waals surface area contributed by atoms with Crippen LogP contribution in [-0.4, -0.2) is 24.7 Å². The Balaban J connectivity index is 0. The molecule has 1 aliphatic heterocycles. The highest BCUT2D eigenvalue weighted by Gasteiger charge is 1.98. The fourth-order valence-electron chi connectivity index (χ4n) is 0.972. The van der Waals surface area contributed by atoms with Crippen molar-refractivity contribution in [3.8, 4) is 0 Å². The number of likely N-dealkylation sites (N-methyl/N-ethyl adjacent to an activating group) is 1. The summed E-state index contributed by atoms with van der Waals surface area (Å²) in [5, 5.41) is 0. The van der Waals surface area contributed by atoms with Crippen LogP contribution in [0, 0.1) is 4.78 Å². The Morgan fingerprint density at radius 2 is 1.93 bits per heavy atom. The van der Waals surface area contributed by atoms with Crippen LogP contribution in [0.5, 0.6) is 0 Å². The lowest BCUT2D eigenvalue weighted by molar-refractivity contribution is 0.00819. The van der Waals surface area contributed by atoms with Gasteiger partial charge in [-0.25, -0.2) is 4.78 Å². The van der Waals surface area contributed by atoms with Crippen LogP contribution in [0.2, 0.25) is 0 Å². The van der Waals surface area contributed by atoms with Gasteiger partial charge in [-0.15, -0.1) is 0 Å². The normalized spacial score (nSPS) is 13.5. The Bertz CT molecular complexity index is 205. The van der Waals surface area contributed by atoms with Gasteiger partial charge in [0, 0.05) is 25.5 Å². The van der Waals surface area contributed by atoms with Crippen molar-refractivity contribution in [3.05, 3.63) is 23.9 Å². The van der Waals surface area contributed by atoms with E-state index >= 15 is 0 Å². The van der Waals surface area contributed by atoms with E-state index in [4.69, 9.17) is 4.78 Å². The van der Waals surface area contributed by atoms with Crippen molar-refractivity contribution in [2.45, 2.75) is 20.5 Å². The molecule has 0 bridgehead atoms.